The zero-order valence-corrected chi connectivity index (χ0v) is 16.2. The van der Waals surface area contributed by atoms with Crippen LogP contribution in [-0.2, 0) is 9.53 Å². The highest BCUT2D eigenvalue weighted by Gasteiger charge is 2.18. The number of carbonyl (C=O) groups excluding carboxylic acids is 2. The van der Waals surface area contributed by atoms with Crippen LogP contribution in [-0.4, -0.2) is 39.8 Å². The molecule has 2 aromatic rings. The van der Waals surface area contributed by atoms with Crippen molar-refractivity contribution in [2.45, 2.75) is 0 Å². The average molecular weight is 423 g/mol. The number of amides is 1. The van der Waals surface area contributed by atoms with Gasteiger partial charge >= 0.3 is 5.97 Å². The molecule has 26 heavy (non-hydrogen) atoms. The highest BCUT2D eigenvalue weighted by Crippen LogP contribution is 2.33. The first kappa shape index (κ1) is 19.6. The van der Waals surface area contributed by atoms with Crippen LogP contribution >= 0.6 is 15.9 Å². The summed E-state index contributed by atoms with van der Waals surface area (Å²) < 4.78 is 16.0. The second kappa shape index (κ2) is 9.10. The predicted octanol–water partition coefficient (Wildman–Crippen LogP) is 3.30. The fourth-order valence-electron chi connectivity index (χ4n) is 2.24. The Balaban J connectivity index is 2.18. The van der Waals surface area contributed by atoms with Crippen molar-refractivity contribution in [3.05, 3.63) is 46.4 Å². The third-order valence-corrected chi connectivity index (χ3v) is 4.21. The van der Waals surface area contributed by atoms with Gasteiger partial charge in [-0.15, -0.1) is 0 Å². The van der Waals surface area contributed by atoms with E-state index in [9.17, 15) is 9.59 Å². The lowest BCUT2D eigenvalue weighted by atomic mass is 10.1. The van der Waals surface area contributed by atoms with Gasteiger partial charge in [0.2, 0.25) is 5.91 Å². The van der Waals surface area contributed by atoms with Crippen LogP contribution in [0.4, 0.5) is 11.4 Å². The maximum absolute atomic E-state index is 12.2. The molecule has 0 aliphatic heterocycles. The van der Waals surface area contributed by atoms with Gasteiger partial charge in [0.1, 0.15) is 0 Å². The summed E-state index contributed by atoms with van der Waals surface area (Å²) in [7, 11) is 4.23. The van der Waals surface area contributed by atoms with Crippen LogP contribution in [0.25, 0.3) is 0 Å². The molecule has 0 saturated heterocycles. The Morgan fingerprint density at radius 2 is 1.65 bits per heavy atom. The highest BCUT2D eigenvalue weighted by molar-refractivity contribution is 9.10. The van der Waals surface area contributed by atoms with Crippen molar-refractivity contribution < 1.29 is 23.8 Å². The van der Waals surface area contributed by atoms with Gasteiger partial charge in [-0.1, -0.05) is 12.1 Å². The second-order valence-electron chi connectivity index (χ2n) is 5.13. The van der Waals surface area contributed by atoms with E-state index in [0.29, 0.717) is 22.9 Å². The number of methoxy groups -OCH3 is 3. The number of hydrogen-bond acceptors (Lipinski definition) is 6. The summed E-state index contributed by atoms with van der Waals surface area (Å²) in [5, 5.41) is 5.70. The number of esters is 1. The van der Waals surface area contributed by atoms with Gasteiger partial charge in [-0.2, -0.15) is 0 Å². The first-order valence-corrected chi connectivity index (χ1v) is 8.42. The summed E-state index contributed by atoms with van der Waals surface area (Å²) in [4.78, 5) is 24.2. The molecule has 0 aromatic heterocycles. The quantitative estimate of drug-likeness (QED) is 0.665. The number of benzene rings is 2. The molecule has 0 unspecified atom stereocenters. The molecular weight excluding hydrogens is 404 g/mol. The maximum Gasteiger partial charge on any atom is 0.340 e. The molecule has 0 aliphatic carbocycles. The Morgan fingerprint density at radius 1 is 1.00 bits per heavy atom. The van der Waals surface area contributed by atoms with Crippen LogP contribution in [0.3, 0.4) is 0 Å². The third-order valence-electron chi connectivity index (χ3n) is 3.52. The van der Waals surface area contributed by atoms with Crippen LogP contribution in [0.2, 0.25) is 0 Å². The van der Waals surface area contributed by atoms with E-state index < -0.39 is 5.97 Å². The average Bonchev–Trinajstić information content (AvgIpc) is 2.66. The lowest BCUT2D eigenvalue weighted by Gasteiger charge is -2.15. The van der Waals surface area contributed by atoms with Crippen molar-refractivity contribution in [2.24, 2.45) is 0 Å². The van der Waals surface area contributed by atoms with Crippen LogP contribution in [0.5, 0.6) is 11.5 Å². The van der Waals surface area contributed by atoms with Gasteiger partial charge < -0.3 is 24.8 Å². The summed E-state index contributed by atoms with van der Waals surface area (Å²) in [6, 6.07) is 10.3. The maximum atomic E-state index is 12.2. The summed E-state index contributed by atoms with van der Waals surface area (Å²) >= 11 is 3.37. The molecule has 0 bridgehead atoms. The Kier molecular flexibility index (Phi) is 6.85. The van der Waals surface area contributed by atoms with Gasteiger partial charge in [-0.05, 0) is 28.1 Å². The van der Waals surface area contributed by atoms with E-state index in [1.807, 2.05) is 18.2 Å². The van der Waals surface area contributed by atoms with Crippen molar-refractivity contribution in [3.8, 4) is 11.5 Å². The van der Waals surface area contributed by atoms with E-state index in [1.54, 1.807) is 12.1 Å². The van der Waals surface area contributed by atoms with Crippen molar-refractivity contribution in [1.29, 1.82) is 0 Å². The number of ether oxygens (including phenoxy) is 3. The van der Waals surface area contributed by atoms with Gasteiger partial charge in [0.15, 0.2) is 11.5 Å². The smallest absolute Gasteiger partial charge is 0.340 e. The van der Waals surface area contributed by atoms with Gasteiger partial charge in [-0.25, -0.2) is 4.79 Å². The fraction of sp³-hybridized carbons (Fsp3) is 0.222. The predicted molar refractivity (Wildman–Crippen MR) is 102 cm³/mol. The largest absolute Gasteiger partial charge is 0.493 e. The van der Waals surface area contributed by atoms with E-state index >= 15 is 0 Å². The van der Waals surface area contributed by atoms with Crippen LogP contribution in [0.1, 0.15) is 10.4 Å². The molecule has 8 heteroatoms. The number of carbonyl (C=O) groups is 2. The summed E-state index contributed by atoms with van der Waals surface area (Å²) in [5.41, 5.74) is 1.29. The first-order chi connectivity index (χ1) is 12.5. The van der Waals surface area contributed by atoms with E-state index in [4.69, 9.17) is 14.2 Å². The van der Waals surface area contributed by atoms with Gasteiger partial charge in [-0.3, -0.25) is 4.79 Å². The normalized spacial score (nSPS) is 10.0. The molecule has 7 nitrogen and oxygen atoms in total. The fourth-order valence-corrected chi connectivity index (χ4v) is 2.62. The van der Waals surface area contributed by atoms with Crippen LogP contribution < -0.4 is 20.1 Å². The monoisotopic (exact) mass is 422 g/mol. The second-order valence-corrected chi connectivity index (χ2v) is 5.98. The Morgan fingerprint density at radius 3 is 2.27 bits per heavy atom. The molecule has 0 fully saturated rings. The molecule has 138 valence electrons. The van der Waals surface area contributed by atoms with E-state index in [0.717, 1.165) is 4.47 Å². The summed E-state index contributed by atoms with van der Waals surface area (Å²) in [6.45, 7) is -0.0548. The molecule has 1 amide bonds. The molecule has 0 heterocycles. The Hall–Kier alpha value is -2.74. The SMILES string of the molecule is COC(=O)c1cc(OC)c(OC)cc1NCC(=O)Nc1ccccc1Br. The number of rotatable bonds is 7. The molecule has 2 rings (SSSR count). The number of halogens is 1. The molecule has 0 saturated carbocycles. The molecule has 0 spiro atoms. The minimum atomic E-state index is -0.556. The first-order valence-electron chi connectivity index (χ1n) is 7.62. The highest BCUT2D eigenvalue weighted by atomic mass is 79.9. The lowest BCUT2D eigenvalue weighted by Crippen LogP contribution is -2.23. The number of nitrogens with one attached hydrogen (secondary N) is 2. The lowest BCUT2D eigenvalue weighted by molar-refractivity contribution is -0.114. The third kappa shape index (κ3) is 4.66. The number of anilines is 2. The Bertz CT molecular complexity index is 810. The zero-order chi connectivity index (χ0) is 19.1. The van der Waals surface area contributed by atoms with Crippen LogP contribution in [0, 0.1) is 0 Å². The topological polar surface area (TPSA) is 85.9 Å². The summed E-state index contributed by atoms with van der Waals surface area (Å²) in [6.07, 6.45) is 0. The minimum absolute atomic E-state index is 0.0548. The molecule has 0 aliphatic rings. The molecule has 2 aromatic carbocycles. The standard InChI is InChI=1S/C18H19BrN2O5/c1-24-15-8-11(18(23)26-3)14(9-16(15)25-2)20-10-17(22)21-13-7-5-4-6-12(13)19/h4-9,20H,10H2,1-3H3,(H,21,22). The van der Waals surface area contributed by atoms with Gasteiger partial charge in [0.05, 0.1) is 44.8 Å². The van der Waals surface area contributed by atoms with Gasteiger partial charge in [0.25, 0.3) is 0 Å². The van der Waals surface area contributed by atoms with Crippen molar-refractivity contribution in [1.82, 2.24) is 0 Å². The van der Waals surface area contributed by atoms with Crippen molar-refractivity contribution >= 4 is 39.2 Å². The van der Waals surface area contributed by atoms with Crippen molar-refractivity contribution in [2.75, 3.05) is 38.5 Å². The van der Waals surface area contributed by atoms with E-state index in [1.165, 1.54) is 27.4 Å². The molecule has 0 atom stereocenters. The molecular formula is C18H19BrN2O5. The van der Waals surface area contributed by atoms with E-state index in [2.05, 4.69) is 26.6 Å². The minimum Gasteiger partial charge on any atom is -0.493 e. The van der Waals surface area contributed by atoms with Gasteiger partial charge in [0, 0.05) is 16.6 Å². The Labute approximate surface area is 159 Å². The van der Waals surface area contributed by atoms with Crippen LogP contribution in [0.15, 0.2) is 40.9 Å². The van der Waals surface area contributed by atoms with Crippen molar-refractivity contribution in [3.63, 3.8) is 0 Å². The summed E-state index contributed by atoms with van der Waals surface area (Å²) in [5.74, 6) is -0.0212. The molecule has 2 N–H and O–H groups in total. The molecule has 0 radical (unpaired) electrons. The zero-order valence-electron chi connectivity index (χ0n) is 14.6. The number of hydrogen-bond donors (Lipinski definition) is 2. The van der Waals surface area contributed by atoms with E-state index in [-0.39, 0.29) is 18.0 Å². The number of para-hydroxylation sites is 1.